The lowest BCUT2D eigenvalue weighted by molar-refractivity contribution is -0.204. The molecule has 2 aliphatic carbocycles. The van der Waals surface area contributed by atoms with Crippen molar-refractivity contribution in [3.63, 3.8) is 0 Å². The molecule has 0 aromatic heterocycles. The summed E-state index contributed by atoms with van der Waals surface area (Å²) in [6, 6.07) is 2.66. The highest BCUT2D eigenvalue weighted by Crippen LogP contribution is 2.66. The first-order chi connectivity index (χ1) is 15.2. The molecule has 4 aliphatic rings. The number of ether oxygens (including phenoxy) is 2. The number of amides is 1. The van der Waals surface area contributed by atoms with Gasteiger partial charge in [-0.2, -0.15) is 0 Å². The summed E-state index contributed by atoms with van der Waals surface area (Å²) in [4.78, 5) is 25.5. The van der Waals surface area contributed by atoms with E-state index in [0.717, 1.165) is 36.9 Å². The number of nitrogens with one attached hydrogen (secondary N) is 1. The Bertz CT molecular complexity index is 969. The van der Waals surface area contributed by atoms with Crippen LogP contribution in [0.4, 0.5) is 0 Å². The molecule has 174 valence electrons. The summed E-state index contributed by atoms with van der Waals surface area (Å²) in [6.07, 6.45) is 2.74. The van der Waals surface area contributed by atoms with Gasteiger partial charge in [-0.05, 0) is 57.3 Å². The van der Waals surface area contributed by atoms with Gasteiger partial charge in [0, 0.05) is 31.2 Å². The van der Waals surface area contributed by atoms with Crippen LogP contribution < -0.4 is 15.8 Å². The van der Waals surface area contributed by atoms with E-state index in [9.17, 15) is 19.8 Å². The fourth-order valence-electron chi connectivity index (χ4n) is 7.13. The summed E-state index contributed by atoms with van der Waals surface area (Å²) < 4.78 is 12.9. The van der Waals surface area contributed by atoms with E-state index in [1.54, 1.807) is 13.2 Å². The van der Waals surface area contributed by atoms with Crippen LogP contribution >= 0.6 is 0 Å². The van der Waals surface area contributed by atoms with E-state index >= 15 is 0 Å². The van der Waals surface area contributed by atoms with Crippen LogP contribution in [0.2, 0.25) is 0 Å². The molecule has 2 heterocycles. The largest absolute Gasteiger partial charge is 0.504 e. The lowest BCUT2D eigenvalue weighted by Gasteiger charge is -2.65. The van der Waals surface area contributed by atoms with E-state index in [4.69, 9.17) is 15.2 Å². The van der Waals surface area contributed by atoms with Crippen LogP contribution in [-0.2, 0) is 26.2 Å². The van der Waals surface area contributed by atoms with Gasteiger partial charge >= 0.3 is 5.97 Å². The van der Waals surface area contributed by atoms with Gasteiger partial charge in [0.2, 0.25) is 5.91 Å². The number of carboxylic acids is 1. The molecule has 2 bridgehead atoms. The number of methoxy groups -OCH3 is 1. The van der Waals surface area contributed by atoms with Crippen LogP contribution in [-0.4, -0.2) is 77.5 Å². The highest BCUT2D eigenvalue weighted by atomic mass is 16.5. The minimum absolute atomic E-state index is 0.00655. The van der Waals surface area contributed by atoms with Crippen LogP contribution in [0.25, 0.3) is 0 Å². The average molecular weight is 446 g/mol. The van der Waals surface area contributed by atoms with Crippen molar-refractivity contribution in [1.82, 2.24) is 10.2 Å². The normalized spacial score (nSPS) is 35.6. The maximum Gasteiger partial charge on any atom is 0.320 e. The molecule has 1 saturated heterocycles. The van der Waals surface area contributed by atoms with Gasteiger partial charge < -0.3 is 30.3 Å². The SMILES string of the molecule is CO[C@@]12CC[C@H](N[C@@H](CCC(N)=O)C(=O)O)[C@@H]3Oc4c(O)ccc5c4[C@@]31CCN(C)C2C5. The molecule has 1 saturated carbocycles. The van der Waals surface area contributed by atoms with Crippen molar-refractivity contribution in [2.75, 3.05) is 20.7 Å². The number of nitrogens with two attached hydrogens (primary N) is 1. The number of nitrogens with zero attached hydrogens (tertiary/aromatic N) is 1. The summed E-state index contributed by atoms with van der Waals surface area (Å²) in [5.41, 5.74) is 6.48. The van der Waals surface area contributed by atoms with Gasteiger partial charge in [-0.25, -0.2) is 0 Å². The summed E-state index contributed by atoms with van der Waals surface area (Å²) in [6.45, 7) is 0.862. The highest BCUT2D eigenvalue weighted by molar-refractivity contribution is 5.77. The van der Waals surface area contributed by atoms with Gasteiger partial charge in [0.25, 0.3) is 0 Å². The van der Waals surface area contributed by atoms with Crippen LogP contribution in [0, 0.1) is 0 Å². The van der Waals surface area contributed by atoms with Gasteiger partial charge in [-0.1, -0.05) is 6.07 Å². The number of hydrogen-bond donors (Lipinski definition) is 4. The molecule has 1 unspecified atom stereocenters. The lowest BCUT2D eigenvalue weighted by atomic mass is 9.48. The minimum Gasteiger partial charge on any atom is -0.504 e. The van der Waals surface area contributed by atoms with E-state index in [1.165, 1.54) is 0 Å². The molecular formula is C23H31N3O6. The number of phenolic OH excluding ortho intramolecular Hbond substituents is 1. The van der Waals surface area contributed by atoms with Crippen LogP contribution in [0.1, 0.15) is 43.2 Å². The molecule has 1 amide bonds. The average Bonchev–Trinajstić information content (AvgIpc) is 3.11. The standard InChI is InChI=1S/C23H31N3O6/c1-26-10-9-22-18-12-3-5-15(27)19(18)32-20(22)13(7-8-23(22,31-2)16(26)11-12)25-14(21(29)30)4-6-17(24)28/h3,5,13-14,16,20,25,27H,4,6-11H2,1-2H3,(H2,24,28)(H,29,30)/t13-,14-,16?,20-,22-,23+/m0/s1. The third kappa shape index (κ3) is 2.67. The van der Waals surface area contributed by atoms with Crippen molar-refractivity contribution in [3.05, 3.63) is 23.3 Å². The van der Waals surface area contributed by atoms with E-state index in [-0.39, 0.29) is 36.8 Å². The number of phenols is 1. The van der Waals surface area contributed by atoms with Crippen molar-refractivity contribution in [3.8, 4) is 11.5 Å². The number of hydrogen-bond acceptors (Lipinski definition) is 7. The fourth-order valence-corrected chi connectivity index (χ4v) is 7.13. The van der Waals surface area contributed by atoms with E-state index in [2.05, 4.69) is 17.3 Å². The zero-order valence-corrected chi connectivity index (χ0v) is 18.5. The molecule has 2 fully saturated rings. The van der Waals surface area contributed by atoms with E-state index in [1.807, 2.05) is 6.07 Å². The van der Waals surface area contributed by atoms with Crippen molar-refractivity contribution in [2.45, 2.75) is 73.8 Å². The summed E-state index contributed by atoms with van der Waals surface area (Å²) in [5.74, 6) is -0.925. The van der Waals surface area contributed by atoms with Gasteiger partial charge in [0.05, 0.1) is 11.0 Å². The number of primary amides is 1. The molecule has 1 aromatic carbocycles. The Morgan fingerprint density at radius 2 is 2.19 bits per heavy atom. The van der Waals surface area contributed by atoms with Crippen molar-refractivity contribution in [1.29, 1.82) is 0 Å². The minimum atomic E-state index is -1.02. The molecule has 6 atom stereocenters. The molecule has 5 N–H and O–H groups in total. The Balaban J connectivity index is 1.59. The summed E-state index contributed by atoms with van der Waals surface area (Å²) in [5, 5.41) is 23.7. The third-order valence-electron chi connectivity index (χ3n) is 8.45. The molecule has 9 nitrogen and oxygen atoms in total. The van der Waals surface area contributed by atoms with Gasteiger partial charge in [0.1, 0.15) is 12.1 Å². The second-order valence-corrected chi connectivity index (χ2v) is 9.71. The molecule has 0 radical (unpaired) electrons. The zero-order chi connectivity index (χ0) is 22.8. The number of carboxylic acid groups (broad SMARTS) is 1. The summed E-state index contributed by atoms with van der Waals surface area (Å²) >= 11 is 0. The number of carbonyl (C=O) groups excluding carboxylic acids is 1. The number of aliphatic carboxylic acids is 1. The summed E-state index contributed by atoms with van der Waals surface area (Å²) in [7, 11) is 3.89. The van der Waals surface area contributed by atoms with E-state index < -0.39 is 28.9 Å². The third-order valence-corrected chi connectivity index (χ3v) is 8.45. The molecule has 1 aromatic rings. The number of likely N-dealkylation sites (N-methyl/N-ethyl adjacent to an activating group) is 1. The lowest BCUT2D eigenvalue weighted by Crippen LogP contribution is -2.78. The first-order valence-corrected chi connectivity index (χ1v) is 11.3. The first kappa shape index (κ1) is 21.5. The molecule has 1 spiro atoms. The maximum atomic E-state index is 11.9. The van der Waals surface area contributed by atoms with Crippen molar-refractivity contribution in [2.24, 2.45) is 5.73 Å². The number of piperidine rings is 1. The maximum absolute atomic E-state index is 11.9. The topological polar surface area (TPSA) is 134 Å². The van der Waals surface area contributed by atoms with E-state index in [0.29, 0.717) is 12.2 Å². The number of carbonyl (C=O) groups is 2. The second kappa shape index (κ2) is 7.33. The van der Waals surface area contributed by atoms with Gasteiger partial charge in [0.15, 0.2) is 11.5 Å². The van der Waals surface area contributed by atoms with Crippen molar-refractivity contribution < 1.29 is 29.3 Å². The Morgan fingerprint density at radius 3 is 2.88 bits per heavy atom. The molecule has 9 heteroatoms. The molecule has 32 heavy (non-hydrogen) atoms. The quantitative estimate of drug-likeness (QED) is 0.477. The fraction of sp³-hybridized carbons (Fsp3) is 0.652. The highest BCUT2D eigenvalue weighted by Gasteiger charge is 2.73. The number of benzene rings is 1. The zero-order valence-electron chi connectivity index (χ0n) is 18.5. The smallest absolute Gasteiger partial charge is 0.320 e. The second-order valence-electron chi connectivity index (χ2n) is 9.71. The molecular weight excluding hydrogens is 414 g/mol. The molecule has 5 rings (SSSR count). The Labute approximate surface area is 186 Å². The van der Waals surface area contributed by atoms with Gasteiger partial charge in [-0.3, -0.25) is 14.9 Å². The Morgan fingerprint density at radius 1 is 1.41 bits per heavy atom. The monoisotopic (exact) mass is 445 g/mol. The Hall–Kier alpha value is -2.36. The van der Waals surface area contributed by atoms with Crippen molar-refractivity contribution >= 4 is 11.9 Å². The predicted octanol–water partition coefficient (Wildman–Crippen LogP) is 0.507. The van der Waals surface area contributed by atoms with Crippen LogP contribution in [0.3, 0.4) is 0 Å². The van der Waals surface area contributed by atoms with Gasteiger partial charge in [-0.15, -0.1) is 0 Å². The van der Waals surface area contributed by atoms with Crippen LogP contribution in [0.15, 0.2) is 12.1 Å². The molecule has 2 aliphatic heterocycles. The number of aromatic hydroxyl groups is 1. The first-order valence-electron chi connectivity index (χ1n) is 11.3. The Kier molecular flexibility index (Phi) is 4.92. The number of rotatable bonds is 7. The number of likely N-dealkylation sites (tertiary alicyclic amines) is 1. The predicted molar refractivity (Wildman–Crippen MR) is 115 cm³/mol. The van der Waals surface area contributed by atoms with Crippen LogP contribution in [0.5, 0.6) is 11.5 Å².